The predicted molar refractivity (Wildman–Crippen MR) is 39.8 cm³/mol. The van der Waals surface area contributed by atoms with Crippen LogP contribution in [0.5, 0.6) is 0 Å². The van der Waals surface area contributed by atoms with E-state index in [-0.39, 0.29) is 12.3 Å². The Balaban J connectivity index is 3.46. The lowest BCUT2D eigenvalue weighted by atomic mass is 10.3. The number of hydrogen-bond donors (Lipinski definition) is 3. The zero-order valence-corrected chi connectivity index (χ0v) is 7.14. The van der Waals surface area contributed by atoms with Crippen LogP contribution in [0.2, 0.25) is 0 Å². The van der Waals surface area contributed by atoms with E-state index in [1.54, 1.807) is 0 Å². The molecule has 0 aromatic rings. The van der Waals surface area contributed by atoms with Gasteiger partial charge in [0.15, 0.2) is 0 Å². The Labute approximate surface area is 60.8 Å². The van der Waals surface area contributed by atoms with E-state index in [9.17, 15) is 4.57 Å². The van der Waals surface area contributed by atoms with Crippen molar-refractivity contribution in [3.05, 3.63) is 0 Å². The van der Waals surface area contributed by atoms with E-state index in [2.05, 4.69) is 5.32 Å². The molecule has 0 radical (unpaired) electrons. The summed E-state index contributed by atoms with van der Waals surface area (Å²) in [6.45, 7) is 3.84. The maximum atomic E-state index is 10.3. The minimum atomic E-state index is -3.84. The van der Waals surface area contributed by atoms with Crippen LogP contribution in [0.1, 0.15) is 20.3 Å². The quantitative estimate of drug-likeness (QED) is 0.533. The Hall–Kier alpha value is 0.110. The molecule has 0 aliphatic heterocycles. The molecule has 0 saturated carbocycles. The van der Waals surface area contributed by atoms with Gasteiger partial charge in [-0.2, -0.15) is 0 Å². The Bertz CT molecular complexity index is 133. The molecule has 0 rings (SSSR count). The molecule has 0 aliphatic carbocycles. The molecular weight excluding hydrogens is 153 g/mol. The van der Waals surface area contributed by atoms with E-state index < -0.39 is 7.60 Å². The number of rotatable bonds is 4. The average molecular weight is 167 g/mol. The second kappa shape index (κ2) is 4.09. The van der Waals surface area contributed by atoms with Gasteiger partial charge < -0.3 is 15.1 Å². The van der Waals surface area contributed by atoms with Crippen LogP contribution in [0.25, 0.3) is 0 Å². The van der Waals surface area contributed by atoms with Gasteiger partial charge in [-0.1, -0.05) is 6.92 Å². The molecule has 0 fully saturated rings. The summed E-state index contributed by atoms with van der Waals surface area (Å²) in [4.78, 5) is 16.8. The number of nitrogens with one attached hydrogen (secondary N) is 1. The highest BCUT2D eigenvalue weighted by atomic mass is 31.2. The Morgan fingerprint density at radius 2 is 2.10 bits per heavy atom. The molecule has 3 N–H and O–H groups in total. The Morgan fingerprint density at radius 3 is 2.40 bits per heavy atom. The topological polar surface area (TPSA) is 69.6 Å². The van der Waals surface area contributed by atoms with Crippen molar-refractivity contribution in [1.29, 1.82) is 0 Å². The van der Waals surface area contributed by atoms with Crippen LogP contribution in [0, 0.1) is 0 Å². The second-order valence-electron chi connectivity index (χ2n) is 2.34. The van der Waals surface area contributed by atoms with Crippen molar-refractivity contribution in [1.82, 2.24) is 5.32 Å². The fourth-order valence-electron chi connectivity index (χ4n) is 0.419. The van der Waals surface area contributed by atoms with Crippen molar-refractivity contribution in [2.45, 2.75) is 26.3 Å². The Morgan fingerprint density at radius 1 is 1.60 bits per heavy atom. The van der Waals surface area contributed by atoms with Gasteiger partial charge in [-0.05, 0) is 13.3 Å². The molecular formula is C5H14NO3P. The third-order valence-electron chi connectivity index (χ3n) is 1.26. The molecule has 0 amide bonds. The van der Waals surface area contributed by atoms with Gasteiger partial charge in [0.1, 0.15) is 0 Å². The third-order valence-corrected chi connectivity index (χ3v) is 1.85. The summed E-state index contributed by atoms with van der Waals surface area (Å²) in [5.74, 6) is 0. The summed E-state index contributed by atoms with van der Waals surface area (Å²) in [7, 11) is -3.84. The van der Waals surface area contributed by atoms with Crippen LogP contribution >= 0.6 is 7.60 Å². The van der Waals surface area contributed by atoms with Crippen LogP contribution < -0.4 is 5.32 Å². The minimum Gasteiger partial charge on any atom is -0.324 e. The lowest BCUT2D eigenvalue weighted by Crippen LogP contribution is -2.25. The second-order valence-corrected chi connectivity index (χ2v) is 3.98. The maximum absolute atomic E-state index is 10.3. The molecule has 10 heavy (non-hydrogen) atoms. The zero-order chi connectivity index (χ0) is 8.20. The summed E-state index contributed by atoms with van der Waals surface area (Å²) < 4.78 is 10.3. The molecule has 62 valence electrons. The third kappa shape index (κ3) is 6.23. The number of hydrogen-bond acceptors (Lipinski definition) is 2. The summed E-state index contributed by atoms with van der Waals surface area (Å²) >= 11 is 0. The van der Waals surface area contributed by atoms with E-state index in [0.717, 1.165) is 6.42 Å². The van der Waals surface area contributed by atoms with Gasteiger partial charge in [-0.3, -0.25) is 4.57 Å². The van der Waals surface area contributed by atoms with Gasteiger partial charge in [0, 0.05) is 6.04 Å². The normalized spacial score (nSPS) is 15.2. The predicted octanol–water partition coefficient (Wildman–Crippen LogP) is 0.510. The van der Waals surface area contributed by atoms with Crippen LogP contribution in [-0.4, -0.2) is 22.1 Å². The molecule has 1 atom stereocenters. The molecule has 0 heterocycles. The molecule has 0 aromatic heterocycles. The summed E-state index contributed by atoms with van der Waals surface area (Å²) in [5, 5.41) is 2.71. The largest absolute Gasteiger partial charge is 0.339 e. The van der Waals surface area contributed by atoms with E-state index in [0.29, 0.717) is 0 Å². The van der Waals surface area contributed by atoms with Crippen molar-refractivity contribution in [3.8, 4) is 0 Å². The summed E-state index contributed by atoms with van der Waals surface area (Å²) in [6.07, 6.45) is 0.655. The molecule has 0 aromatic carbocycles. The van der Waals surface area contributed by atoms with E-state index in [1.165, 1.54) is 0 Å². The monoisotopic (exact) mass is 167 g/mol. The highest BCUT2D eigenvalue weighted by molar-refractivity contribution is 7.51. The molecule has 1 unspecified atom stereocenters. The first-order chi connectivity index (χ1) is 4.45. The SMILES string of the molecule is CCC(C)NCP(=O)(O)O. The summed E-state index contributed by atoms with van der Waals surface area (Å²) in [6, 6.07) is 0.174. The molecule has 0 saturated heterocycles. The maximum Gasteiger partial charge on any atom is 0.339 e. The average Bonchev–Trinajstić information content (AvgIpc) is 1.81. The van der Waals surface area contributed by atoms with Gasteiger partial charge >= 0.3 is 7.60 Å². The highest BCUT2D eigenvalue weighted by Gasteiger charge is 2.12. The molecule has 4 nitrogen and oxygen atoms in total. The lowest BCUT2D eigenvalue weighted by molar-refractivity contribution is 0.363. The Kier molecular flexibility index (Phi) is 4.13. The lowest BCUT2D eigenvalue weighted by Gasteiger charge is -2.11. The van der Waals surface area contributed by atoms with Crippen molar-refractivity contribution in [2.24, 2.45) is 0 Å². The molecule has 0 aliphatic rings. The first kappa shape index (κ1) is 10.1. The van der Waals surface area contributed by atoms with Crippen LogP contribution in [0.3, 0.4) is 0 Å². The van der Waals surface area contributed by atoms with Gasteiger partial charge in [0.25, 0.3) is 0 Å². The zero-order valence-electron chi connectivity index (χ0n) is 6.24. The first-order valence-corrected chi connectivity index (χ1v) is 5.03. The van der Waals surface area contributed by atoms with Gasteiger partial charge in [0.2, 0.25) is 0 Å². The first-order valence-electron chi connectivity index (χ1n) is 3.23. The fraction of sp³-hybridized carbons (Fsp3) is 1.00. The summed E-state index contributed by atoms with van der Waals surface area (Å²) in [5.41, 5.74) is 0. The minimum absolute atomic E-state index is 0.174. The van der Waals surface area contributed by atoms with Crippen molar-refractivity contribution >= 4 is 7.60 Å². The van der Waals surface area contributed by atoms with Gasteiger partial charge in [-0.25, -0.2) is 0 Å². The van der Waals surface area contributed by atoms with Crippen molar-refractivity contribution in [2.75, 3.05) is 6.29 Å². The standard InChI is InChI=1S/C5H14NO3P/c1-3-5(2)6-4-10(7,8)9/h5-6H,3-4H2,1-2H3,(H2,7,8,9). The van der Waals surface area contributed by atoms with E-state index in [1.807, 2.05) is 13.8 Å². The van der Waals surface area contributed by atoms with Crippen LogP contribution in [0.4, 0.5) is 0 Å². The van der Waals surface area contributed by atoms with Gasteiger partial charge in [0.05, 0.1) is 6.29 Å². The smallest absolute Gasteiger partial charge is 0.324 e. The van der Waals surface area contributed by atoms with Crippen molar-refractivity contribution in [3.63, 3.8) is 0 Å². The molecule has 5 heteroatoms. The molecule has 0 bridgehead atoms. The van der Waals surface area contributed by atoms with E-state index in [4.69, 9.17) is 9.79 Å². The van der Waals surface area contributed by atoms with E-state index >= 15 is 0 Å². The molecule has 0 spiro atoms. The van der Waals surface area contributed by atoms with Crippen molar-refractivity contribution < 1.29 is 14.4 Å². The fourth-order valence-corrected chi connectivity index (χ4v) is 0.969. The highest BCUT2D eigenvalue weighted by Crippen LogP contribution is 2.32. The van der Waals surface area contributed by atoms with Crippen LogP contribution in [0.15, 0.2) is 0 Å². The van der Waals surface area contributed by atoms with Crippen LogP contribution in [-0.2, 0) is 4.57 Å². The van der Waals surface area contributed by atoms with Gasteiger partial charge in [-0.15, -0.1) is 0 Å².